The minimum atomic E-state index is -1.12. The van der Waals surface area contributed by atoms with E-state index in [9.17, 15) is 24.6 Å². The number of dihydropyridines is 1. The molecule has 2 aliphatic rings. The number of benzene rings is 1. The van der Waals surface area contributed by atoms with Gasteiger partial charge in [-0.15, -0.1) is 0 Å². The number of carboxylic acids is 2. The van der Waals surface area contributed by atoms with Crippen LogP contribution in [-0.2, 0) is 14.4 Å². The summed E-state index contributed by atoms with van der Waals surface area (Å²) in [5.41, 5.74) is 2.52. The molecule has 0 saturated carbocycles. The second-order valence-electron chi connectivity index (χ2n) is 9.88. The largest absolute Gasteiger partial charge is 0.478 e. The van der Waals surface area contributed by atoms with Crippen LogP contribution in [0.3, 0.4) is 0 Å². The first kappa shape index (κ1) is 27.6. The molecule has 36 heavy (non-hydrogen) atoms. The zero-order chi connectivity index (χ0) is 26.1. The summed E-state index contributed by atoms with van der Waals surface area (Å²) in [6.07, 6.45) is 5.32. The smallest absolute Gasteiger partial charge is 0.333 e. The monoisotopic (exact) mass is 497 g/mol. The van der Waals surface area contributed by atoms with E-state index in [-0.39, 0.29) is 17.2 Å². The Morgan fingerprint density at radius 3 is 2.25 bits per heavy atom. The van der Waals surface area contributed by atoms with Gasteiger partial charge in [-0.05, 0) is 83.6 Å². The van der Waals surface area contributed by atoms with Gasteiger partial charge in [0.2, 0.25) is 0 Å². The summed E-state index contributed by atoms with van der Waals surface area (Å²) in [7, 11) is 0. The van der Waals surface area contributed by atoms with Gasteiger partial charge >= 0.3 is 11.9 Å². The third kappa shape index (κ3) is 7.27. The Hall–Kier alpha value is -2.97. The van der Waals surface area contributed by atoms with Crippen molar-refractivity contribution in [1.82, 2.24) is 15.5 Å². The van der Waals surface area contributed by atoms with Gasteiger partial charge < -0.3 is 30.5 Å². The van der Waals surface area contributed by atoms with Crippen LogP contribution in [0.25, 0.3) is 0 Å². The lowest BCUT2D eigenvalue weighted by Gasteiger charge is -2.32. The molecule has 4 N–H and O–H groups in total. The lowest BCUT2D eigenvalue weighted by molar-refractivity contribution is -0.134. The maximum absolute atomic E-state index is 11.9. The summed E-state index contributed by atoms with van der Waals surface area (Å²) in [5, 5.41) is 25.8. The van der Waals surface area contributed by atoms with Gasteiger partial charge in [-0.3, -0.25) is 0 Å². The Bertz CT molecular complexity index is 944. The molecule has 1 unspecified atom stereocenters. The van der Waals surface area contributed by atoms with Crippen molar-refractivity contribution in [2.45, 2.75) is 64.3 Å². The van der Waals surface area contributed by atoms with Crippen molar-refractivity contribution in [2.24, 2.45) is 5.92 Å². The molecular weight excluding hydrogens is 458 g/mol. The molecule has 3 rings (SSSR count). The fourth-order valence-electron chi connectivity index (χ4n) is 5.60. The van der Waals surface area contributed by atoms with Gasteiger partial charge in [0.05, 0.1) is 11.1 Å². The van der Waals surface area contributed by atoms with E-state index in [4.69, 9.17) is 0 Å². The van der Waals surface area contributed by atoms with Crippen LogP contribution in [0.1, 0.15) is 63.9 Å². The second kappa shape index (κ2) is 13.4. The number of aliphatic carboxylic acids is 2. The maximum atomic E-state index is 11.9. The minimum absolute atomic E-state index is 0.0850. The molecule has 8 heteroatoms. The highest BCUT2D eigenvalue weighted by Crippen LogP contribution is 2.34. The number of carboxylic acid groups (broad SMARTS) is 2. The number of piperidine rings is 1. The van der Waals surface area contributed by atoms with Crippen LogP contribution >= 0.6 is 0 Å². The summed E-state index contributed by atoms with van der Waals surface area (Å²) in [6, 6.07) is 10.6. The van der Waals surface area contributed by atoms with E-state index in [2.05, 4.69) is 45.9 Å². The Morgan fingerprint density at radius 1 is 1.08 bits per heavy atom. The highest BCUT2D eigenvalue weighted by atomic mass is 16.4. The van der Waals surface area contributed by atoms with Crippen LogP contribution < -0.4 is 10.6 Å². The zero-order valence-corrected chi connectivity index (χ0v) is 21.3. The van der Waals surface area contributed by atoms with Gasteiger partial charge in [-0.2, -0.15) is 0 Å². The number of carbonyl (C=O) groups excluding carboxylic acids is 1. The van der Waals surface area contributed by atoms with E-state index in [0.717, 1.165) is 38.9 Å². The van der Waals surface area contributed by atoms with Crippen molar-refractivity contribution < 1.29 is 24.6 Å². The second-order valence-corrected chi connectivity index (χ2v) is 9.88. The molecule has 8 nitrogen and oxygen atoms in total. The zero-order valence-electron chi connectivity index (χ0n) is 21.3. The number of hydrogen-bond donors (Lipinski definition) is 4. The van der Waals surface area contributed by atoms with Gasteiger partial charge in [-0.1, -0.05) is 30.3 Å². The van der Waals surface area contributed by atoms with Crippen LogP contribution in [-0.4, -0.2) is 65.6 Å². The number of allylic oxidation sites excluding steroid dienone is 2. The molecule has 1 aromatic rings. The first-order chi connectivity index (χ1) is 17.3. The van der Waals surface area contributed by atoms with Crippen LogP contribution in [0.2, 0.25) is 0 Å². The van der Waals surface area contributed by atoms with E-state index in [0.29, 0.717) is 36.6 Å². The highest BCUT2D eigenvalue weighted by Gasteiger charge is 2.35. The number of nitrogens with zero attached hydrogens (tertiary/aromatic N) is 1. The minimum Gasteiger partial charge on any atom is -0.478 e. The number of likely N-dealkylation sites (tertiary alicyclic amines) is 1. The normalized spacial score (nSPS) is 18.7. The quantitative estimate of drug-likeness (QED) is 0.241. The van der Waals surface area contributed by atoms with Crippen molar-refractivity contribution in [1.29, 1.82) is 0 Å². The molecule has 0 radical (unpaired) electrons. The van der Waals surface area contributed by atoms with E-state index in [1.54, 1.807) is 13.8 Å². The SMILES string of the molecule is CC1=C(C(=O)O)C(CCC(CC=O)NCCCN2CCC(c3ccccc3)CC2)C(C(=O)O)=C(C)N1. The molecule has 0 aromatic heterocycles. The van der Waals surface area contributed by atoms with E-state index in [1.165, 1.54) is 18.4 Å². The third-order valence-electron chi connectivity index (χ3n) is 7.47. The molecular formula is C28H39N3O5. The van der Waals surface area contributed by atoms with Crippen molar-refractivity contribution in [3.05, 3.63) is 58.4 Å². The maximum Gasteiger partial charge on any atom is 0.333 e. The van der Waals surface area contributed by atoms with Crippen molar-refractivity contribution >= 4 is 18.2 Å². The first-order valence-electron chi connectivity index (χ1n) is 12.9. The third-order valence-corrected chi connectivity index (χ3v) is 7.47. The molecule has 0 aliphatic carbocycles. The average molecular weight is 498 g/mol. The van der Waals surface area contributed by atoms with Crippen molar-refractivity contribution in [3.63, 3.8) is 0 Å². The van der Waals surface area contributed by atoms with Crippen molar-refractivity contribution in [2.75, 3.05) is 26.2 Å². The average Bonchev–Trinajstić information content (AvgIpc) is 2.85. The van der Waals surface area contributed by atoms with E-state index in [1.807, 2.05) is 0 Å². The van der Waals surface area contributed by atoms with Gasteiger partial charge in [0.1, 0.15) is 6.29 Å². The summed E-state index contributed by atoms with van der Waals surface area (Å²) < 4.78 is 0. The van der Waals surface area contributed by atoms with E-state index < -0.39 is 17.9 Å². The number of carbonyl (C=O) groups is 3. The van der Waals surface area contributed by atoms with Crippen LogP contribution in [0, 0.1) is 5.92 Å². The summed E-state index contributed by atoms with van der Waals surface area (Å²) in [4.78, 5) is 37.6. The topological polar surface area (TPSA) is 119 Å². The van der Waals surface area contributed by atoms with Crippen molar-refractivity contribution in [3.8, 4) is 0 Å². The van der Waals surface area contributed by atoms with Gasteiger partial charge in [0.25, 0.3) is 0 Å². The molecule has 2 aliphatic heterocycles. The Labute approximate surface area is 213 Å². The molecule has 1 atom stereocenters. The molecule has 1 aromatic carbocycles. The predicted octanol–water partition coefficient (Wildman–Crippen LogP) is 3.52. The highest BCUT2D eigenvalue weighted by molar-refractivity contribution is 5.96. The number of hydrogen-bond acceptors (Lipinski definition) is 6. The number of aldehydes is 1. The van der Waals surface area contributed by atoms with Gasteiger partial charge in [-0.25, -0.2) is 9.59 Å². The molecule has 196 valence electrons. The van der Waals surface area contributed by atoms with Crippen LogP contribution in [0.5, 0.6) is 0 Å². The predicted molar refractivity (Wildman–Crippen MR) is 138 cm³/mol. The fraction of sp³-hybridized carbons (Fsp3) is 0.536. The van der Waals surface area contributed by atoms with Crippen LogP contribution in [0.15, 0.2) is 52.9 Å². The summed E-state index contributed by atoms with van der Waals surface area (Å²) in [5.74, 6) is -2.32. The first-order valence-corrected chi connectivity index (χ1v) is 12.9. The Kier molecular flexibility index (Phi) is 10.3. The summed E-state index contributed by atoms with van der Waals surface area (Å²) in [6.45, 7) is 7.23. The lowest BCUT2D eigenvalue weighted by atomic mass is 9.81. The van der Waals surface area contributed by atoms with E-state index >= 15 is 0 Å². The molecule has 1 saturated heterocycles. The fourth-order valence-corrected chi connectivity index (χ4v) is 5.60. The van der Waals surface area contributed by atoms with Crippen LogP contribution in [0.4, 0.5) is 0 Å². The summed E-state index contributed by atoms with van der Waals surface area (Å²) >= 11 is 0. The molecule has 0 bridgehead atoms. The number of rotatable bonds is 13. The molecule has 2 heterocycles. The standard InChI is InChI=1S/C28H39N3O5/c1-19-25(27(33)34)24(26(28(35)36)20(2)30-19)10-9-23(13-18-32)29-14-6-15-31-16-11-22(12-17-31)21-7-4-3-5-8-21/h3-5,7-8,18,22-24,29-30H,6,9-17H2,1-2H3,(H,33,34)(H,35,36). The molecule has 1 fully saturated rings. The van der Waals surface area contributed by atoms with Gasteiger partial charge in [0, 0.05) is 29.8 Å². The Balaban J connectivity index is 1.47. The molecule has 0 amide bonds. The Morgan fingerprint density at radius 2 is 1.69 bits per heavy atom. The molecule has 0 spiro atoms. The number of nitrogens with one attached hydrogen (secondary N) is 2. The lowest BCUT2D eigenvalue weighted by Crippen LogP contribution is -2.37. The van der Waals surface area contributed by atoms with Gasteiger partial charge in [0.15, 0.2) is 0 Å².